The number of nitrogens with one attached hydrogen (secondary N) is 2. The SMILES string of the molecule is C.CC[C@H]1O[C@@H](n2cnc3c(NC(=O)c4ccccc4)ncnc32)[C@H](O[Si](C(C)C)(C(C)C)C(C)C)C1=O.CC[C@H]1O[C@@H](n2cnc3c(NC(=O)c4ccccc4)ncnc32)[C@H](O[Si](C(C)C)(C(C)C)C(C)C)[C@@H]1O. The van der Waals surface area contributed by atoms with E-state index in [9.17, 15) is 19.5 Å². The summed E-state index contributed by atoms with van der Waals surface area (Å²) in [6, 6.07) is 17.8. The third-order valence-electron chi connectivity index (χ3n) is 15.1. The Bertz CT molecular complexity index is 2820. The van der Waals surface area contributed by atoms with Crippen molar-refractivity contribution in [2.24, 2.45) is 0 Å². The number of rotatable bonds is 18. The maximum absolute atomic E-state index is 13.5. The average molecular weight is 1070 g/mol. The molecule has 0 spiro atoms. The van der Waals surface area contributed by atoms with Gasteiger partial charge in [0.25, 0.3) is 11.8 Å². The number of imidazole rings is 2. The molecule has 7 atom stereocenters. The van der Waals surface area contributed by atoms with Gasteiger partial charge in [-0.05, 0) is 70.4 Å². The number of benzene rings is 2. The predicted octanol–water partition coefficient (Wildman–Crippen LogP) is 11.5. The van der Waals surface area contributed by atoms with E-state index in [0.717, 1.165) is 0 Å². The lowest BCUT2D eigenvalue weighted by atomic mass is 10.1. The molecule has 20 heteroatoms. The molecule has 2 amide bonds. The van der Waals surface area contributed by atoms with E-state index in [1.165, 1.54) is 12.7 Å². The minimum atomic E-state index is -2.39. The summed E-state index contributed by atoms with van der Waals surface area (Å²) in [4.78, 5) is 65.6. The lowest BCUT2D eigenvalue weighted by Gasteiger charge is -2.45. The summed E-state index contributed by atoms with van der Waals surface area (Å²) in [6.07, 6.45) is 2.82. The topological polar surface area (TPSA) is 220 Å². The van der Waals surface area contributed by atoms with Gasteiger partial charge in [-0.3, -0.25) is 23.5 Å². The maximum Gasteiger partial charge on any atom is 0.256 e. The summed E-state index contributed by atoms with van der Waals surface area (Å²) in [7, 11) is -4.73. The quantitative estimate of drug-likeness (QED) is 0.0682. The first-order valence-corrected chi connectivity index (χ1v) is 30.5. The van der Waals surface area contributed by atoms with Crippen LogP contribution in [0.25, 0.3) is 22.3 Å². The van der Waals surface area contributed by atoms with Crippen LogP contribution in [0.5, 0.6) is 0 Å². The molecule has 75 heavy (non-hydrogen) atoms. The van der Waals surface area contributed by atoms with E-state index in [1.807, 2.05) is 26.0 Å². The summed E-state index contributed by atoms with van der Waals surface area (Å²) in [5.41, 5.74) is 4.84. The lowest BCUT2D eigenvalue weighted by Crippen LogP contribution is -2.53. The smallest absolute Gasteiger partial charge is 0.256 e. The highest BCUT2D eigenvalue weighted by atomic mass is 28.4. The van der Waals surface area contributed by atoms with Gasteiger partial charge in [0, 0.05) is 11.1 Å². The molecule has 406 valence electrons. The summed E-state index contributed by atoms with van der Waals surface area (Å²) in [5.74, 6) is -0.00901. The van der Waals surface area contributed by atoms with Crippen LogP contribution in [0.15, 0.2) is 86.0 Å². The Hall–Kier alpha value is -5.62. The number of nitrogens with zero attached hydrogens (tertiary/aromatic N) is 8. The summed E-state index contributed by atoms with van der Waals surface area (Å²) >= 11 is 0. The normalized spacial score (nSPS) is 21.2. The van der Waals surface area contributed by atoms with Crippen molar-refractivity contribution in [2.75, 3.05) is 10.6 Å². The molecule has 18 nitrogen and oxygen atoms in total. The molecular formula is C55H80N10O8Si2. The number of ether oxygens (including phenoxy) is 2. The van der Waals surface area contributed by atoms with Crippen LogP contribution in [-0.4, -0.2) is 109 Å². The number of aliphatic hydroxyl groups is 1. The van der Waals surface area contributed by atoms with Gasteiger partial charge in [-0.1, -0.05) is 141 Å². The van der Waals surface area contributed by atoms with Crippen molar-refractivity contribution in [3.05, 3.63) is 97.1 Å². The molecule has 8 rings (SSSR count). The molecule has 2 fully saturated rings. The predicted molar refractivity (Wildman–Crippen MR) is 297 cm³/mol. The fourth-order valence-corrected chi connectivity index (χ4v) is 22.8. The molecule has 2 aromatic carbocycles. The second kappa shape index (κ2) is 24.6. The van der Waals surface area contributed by atoms with Gasteiger partial charge in [-0.15, -0.1) is 0 Å². The zero-order chi connectivity index (χ0) is 53.8. The first-order chi connectivity index (χ1) is 35.2. The maximum atomic E-state index is 13.5. The largest absolute Gasteiger partial charge is 0.406 e. The number of ketones is 1. The number of hydrogen-bond donors (Lipinski definition) is 3. The van der Waals surface area contributed by atoms with Crippen molar-refractivity contribution < 1.29 is 37.8 Å². The van der Waals surface area contributed by atoms with E-state index in [0.29, 0.717) is 91.2 Å². The van der Waals surface area contributed by atoms with Gasteiger partial charge in [-0.25, -0.2) is 29.9 Å². The Morgan fingerprint density at radius 2 is 1.01 bits per heavy atom. The summed E-state index contributed by atoms with van der Waals surface area (Å²) in [5, 5.41) is 17.0. The lowest BCUT2D eigenvalue weighted by molar-refractivity contribution is -0.126. The monoisotopic (exact) mass is 1060 g/mol. The number of carbonyl (C=O) groups excluding carboxylic acids is 3. The van der Waals surface area contributed by atoms with Crippen LogP contribution in [0, 0.1) is 0 Å². The number of Topliss-reactive ketones (excluding diaryl/α,β-unsaturated/α-hetero) is 1. The Kier molecular flexibility index (Phi) is 19.2. The third kappa shape index (κ3) is 11.4. The first kappa shape index (κ1) is 58.6. The molecule has 0 bridgehead atoms. The minimum absolute atomic E-state index is 0. The molecule has 2 aliphatic rings. The van der Waals surface area contributed by atoms with E-state index < -0.39 is 53.5 Å². The molecule has 2 aliphatic heterocycles. The van der Waals surface area contributed by atoms with Gasteiger partial charge < -0.3 is 34.1 Å². The second-order valence-electron chi connectivity index (χ2n) is 21.3. The third-order valence-corrected chi connectivity index (χ3v) is 27.3. The Morgan fingerprint density at radius 3 is 1.41 bits per heavy atom. The molecule has 0 radical (unpaired) electrons. The highest BCUT2D eigenvalue weighted by molar-refractivity contribution is 6.78. The van der Waals surface area contributed by atoms with Gasteiger partial charge in [0.15, 0.2) is 58.3 Å². The number of aliphatic hydroxyl groups excluding tert-OH is 1. The van der Waals surface area contributed by atoms with E-state index in [-0.39, 0.29) is 31.1 Å². The van der Waals surface area contributed by atoms with Crippen molar-refractivity contribution in [1.82, 2.24) is 39.0 Å². The van der Waals surface area contributed by atoms with Crippen LogP contribution in [0.4, 0.5) is 11.6 Å². The van der Waals surface area contributed by atoms with Crippen LogP contribution in [-0.2, 0) is 23.1 Å². The minimum Gasteiger partial charge on any atom is -0.406 e. The van der Waals surface area contributed by atoms with Crippen LogP contribution >= 0.6 is 0 Å². The van der Waals surface area contributed by atoms with E-state index >= 15 is 0 Å². The molecule has 0 saturated carbocycles. The van der Waals surface area contributed by atoms with E-state index in [4.69, 9.17) is 18.3 Å². The van der Waals surface area contributed by atoms with Gasteiger partial charge >= 0.3 is 0 Å². The highest BCUT2D eigenvalue weighted by Gasteiger charge is 2.55. The molecule has 0 aliphatic carbocycles. The van der Waals surface area contributed by atoms with Gasteiger partial charge in [0.1, 0.15) is 31.0 Å². The molecule has 4 aromatic heterocycles. The highest BCUT2D eigenvalue weighted by Crippen LogP contribution is 2.48. The molecule has 3 N–H and O–H groups in total. The summed E-state index contributed by atoms with van der Waals surface area (Å²) < 4.78 is 30.3. The Morgan fingerprint density at radius 1 is 0.600 bits per heavy atom. The van der Waals surface area contributed by atoms with Crippen LogP contribution in [0.3, 0.4) is 0 Å². The molecular weight excluding hydrogens is 985 g/mol. The number of hydrogen-bond acceptors (Lipinski definition) is 14. The fraction of sp³-hybridized carbons (Fsp3) is 0.545. The summed E-state index contributed by atoms with van der Waals surface area (Å²) in [6.45, 7) is 30.4. The van der Waals surface area contributed by atoms with Crippen molar-refractivity contribution in [3.8, 4) is 0 Å². The van der Waals surface area contributed by atoms with Crippen molar-refractivity contribution in [2.45, 2.75) is 193 Å². The van der Waals surface area contributed by atoms with Gasteiger partial charge in [0.2, 0.25) is 16.6 Å². The van der Waals surface area contributed by atoms with Crippen molar-refractivity contribution >= 4 is 68.2 Å². The van der Waals surface area contributed by atoms with Gasteiger partial charge in [-0.2, -0.15) is 0 Å². The number of amides is 2. The molecule has 0 unspecified atom stereocenters. The Balaban J connectivity index is 0.000000241. The van der Waals surface area contributed by atoms with Crippen molar-refractivity contribution in [1.29, 1.82) is 0 Å². The number of anilines is 2. The molecule has 2 saturated heterocycles. The zero-order valence-corrected chi connectivity index (χ0v) is 47.4. The number of fused-ring (bicyclic) bond motifs is 2. The fourth-order valence-electron chi connectivity index (χ4n) is 11.7. The average Bonchev–Trinajstić information content (AvgIpc) is 4.15. The van der Waals surface area contributed by atoms with Crippen LogP contribution in [0.1, 0.15) is 150 Å². The van der Waals surface area contributed by atoms with Crippen LogP contribution in [0.2, 0.25) is 33.2 Å². The van der Waals surface area contributed by atoms with Crippen molar-refractivity contribution in [3.63, 3.8) is 0 Å². The standard InChI is InChI=1S/C27H39N5O4Si.C27H37N5O4Si.CH4/c2*1-8-20-22(33)23(36-37(16(2)3,17(4)5)18(6)7)27(35-20)32-15-30-21-24(28-14-29-25(21)32)31-26(34)19-12-10-9-11-13-19;/h9-18,20,22-23,27,33H,8H2,1-7H3,(H,28,29,31,34);9-18,20,23,27H,8H2,1-7H3,(H,28,29,31,34);1H4/t20-,22-,23-,27-;20-,23-,27-;/m11./s1. The van der Waals surface area contributed by atoms with Crippen LogP contribution < -0.4 is 10.6 Å². The van der Waals surface area contributed by atoms with E-state index in [1.54, 1.807) is 70.3 Å². The number of carbonyl (C=O) groups is 3. The van der Waals surface area contributed by atoms with E-state index in [2.05, 4.69) is 124 Å². The second-order valence-corrected chi connectivity index (χ2v) is 32.1. The first-order valence-electron chi connectivity index (χ1n) is 26.2. The number of aromatic nitrogens is 8. The molecule has 6 heterocycles. The zero-order valence-electron chi connectivity index (χ0n) is 45.4. The molecule has 6 aromatic rings. The Labute approximate surface area is 444 Å². The van der Waals surface area contributed by atoms with Gasteiger partial charge in [0.05, 0.1) is 18.8 Å².